The third-order valence-corrected chi connectivity index (χ3v) is 1.74. The second-order valence-electron chi connectivity index (χ2n) is 2.91. The Labute approximate surface area is 68.6 Å². The Morgan fingerprint density at radius 3 is 2.18 bits per heavy atom. The molecule has 0 aromatic heterocycles. The van der Waals surface area contributed by atoms with Gasteiger partial charge in [0, 0.05) is 6.42 Å². The molecule has 0 aliphatic heterocycles. The van der Waals surface area contributed by atoms with Crippen LogP contribution in [0, 0.1) is 0 Å². The zero-order chi connectivity index (χ0) is 8.53. The zero-order valence-corrected chi connectivity index (χ0v) is 7.31. The van der Waals surface area contributed by atoms with Crippen molar-refractivity contribution in [2.75, 3.05) is 0 Å². The summed E-state index contributed by atoms with van der Waals surface area (Å²) < 4.78 is 0. The fourth-order valence-electron chi connectivity index (χ4n) is 1.06. The third kappa shape index (κ3) is 9.47. The first kappa shape index (κ1) is 10.5. The van der Waals surface area contributed by atoms with Gasteiger partial charge in [-0.25, -0.2) is 0 Å². The molecule has 2 nitrogen and oxygen atoms in total. The van der Waals surface area contributed by atoms with Crippen molar-refractivity contribution in [3.05, 3.63) is 0 Å². The van der Waals surface area contributed by atoms with Crippen molar-refractivity contribution in [2.24, 2.45) is 0 Å². The molecule has 0 unspecified atom stereocenters. The summed E-state index contributed by atoms with van der Waals surface area (Å²) in [6, 6.07) is 0. The lowest BCUT2D eigenvalue weighted by atomic mass is 10.1. The molecule has 0 spiro atoms. The van der Waals surface area contributed by atoms with E-state index in [0.717, 1.165) is 12.8 Å². The third-order valence-electron chi connectivity index (χ3n) is 1.74. The summed E-state index contributed by atoms with van der Waals surface area (Å²) in [6.07, 6.45) is 7.25. The van der Waals surface area contributed by atoms with Gasteiger partial charge in [0.05, 0.1) is 0 Å². The van der Waals surface area contributed by atoms with Crippen LogP contribution in [-0.4, -0.2) is 11.1 Å². The molecule has 0 aliphatic carbocycles. The maximum atomic E-state index is 10.1. The van der Waals surface area contributed by atoms with Gasteiger partial charge in [0.2, 0.25) is 0 Å². The van der Waals surface area contributed by atoms with Crippen LogP contribution in [-0.2, 0) is 4.79 Å². The van der Waals surface area contributed by atoms with Gasteiger partial charge in [0.15, 0.2) is 0 Å². The Morgan fingerprint density at radius 1 is 1.09 bits per heavy atom. The van der Waals surface area contributed by atoms with E-state index < -0.39 is 5.97 Å². The summed E-state index contributed by atoms with van der Waals surface area (Å²) >= 11 is 0. The highest BCUT2D eigenvalue weighted by atomic mass is 16.5. The van der Waals surface area contributed by atoms with Crippen molar-refractivity contribution in [2.45, 2.75) is 51.9 Å². The van der Waals surface area contributed by atoms with Crippen LogP contribution in [0.2, 0.25) is 0 Å². The van der Waals surface area contributed by atoms with Crippen LogP contribution in [0.25, 0.3) is 0 Å². The highest BCUT2D eigenvalue weighted by molar-refractivity contribution is 5.66. The monoisotopic (exact) mass is 159 g/mol. The molecule has 66 valence electrons. The van der Waals surface area contributed by atoms with Gasteiger partial charge in [0.1, 0.15) is 0 Å². The van der Waals surface area contributed by atoms with Crippen LogP contribution in [0.3, 0.4) is 0 Å². The van der Waals surface area contributed by atoms with Crippen LogP contribution in [0.5, 0.6) is 0 Å². The van der Waals surface area contributed by atoms with E-state index in [1.54, 1.807) is 0 Å². The Bertz CT molecular complexity index is 99.7. The second-order valence-corrected chi connectivity index (χ2v) is 2.91. The van der Waals surface area contributed by atoms with Gasteiger partial charge in [-0.2, -0.15) is 0 Å². The molecule has 0 saturated heterocycles. The van der Waals surface area contributed by atoms with Crippen LogP contribution in [0.4, 0.5) is 0 Å². The number of hydrogen-bond acceptors (Lipinski definition) is 1. The normalized spacial score (nSPS) is 9.91. The molecule has 0 saturated carbocycles. The molecule has 0 atom stereocenters. The Hall–Kier alpha value is -0.530. The van der Waals surface area contributed by atoms with Crippen molar-refractivity contribution in [3.63, 3.8) is 0 Å². The van der Waals surface area contributed by atoms with Crippen molar-refractivity contribution < 1.29 is 9.90 Å². The van der Waals surface area contributed by atoms with E-state index in [-0.39, 0.29) is 0 Å². The van der Waals surface area contributed by atoms with Gasteiger partial charge < -0.3 is 5.11 Å². The predicted octanol–water partition coefficient (Wildman–Crippen LogP) is 2.82. The van der Waals surface area contributed by atoms with Gasteiger partial charge in [-0.15, -0.1) is 0 Å². The molecule has 2 heteroatoms. The summed E-state index contributed by atoms with van der Waals surface area (Å²) in [5.74, 6) is -0.666. The summed E-state index contributed by atoms with van der Waals surface area (Å²) in [5, 5.41) is 8.32. The Morgan fingerprint density at radius 2 is 1.64 bits per heavy atom. The van der Waals surface area contributed by atoms with Gasteiger partial charge >= 0.3 is 5.97 Å². The quantitative estimate of drug-likeness (QED) is 0.458. The maximum absolute atomic E-state index is 10.1. The molecule has 0 bridgehead atoms. The standard InChI is InChI=1S/C9H18O2/c1-2-3-4-5-6-7-8-9(10)11/h2-8H2,1H3,(H,10,11)/i9+1. The first-order valence-electron chi connectivity index (χ1n) is 4.49. The van der Waals surface area contributed by atoms with Crippen LogP contribution in [0.15, 0.2) is 0 Å². The number of carbonyl (C=O) groups is 1. The predicted molar refractivity (Wildman–Crippen MR) is 45.6 cm³/mol. The number of hydrogen-bond donors (Lipinski definition) is 1. The van der Waals surface area contributed by atoms with E-state index in [1.165, 1.54) is 25.7 Å². The van der Waals surface area contributed by atoms with E-state index in [2.05, 4.69) is 6.92 Å². The van der Waals surface area contributed by atoms with Crippen LogP contribution in [0.1, 0.15) is 51.9 Å². The van der Waals surface area contributed by atoms with Gasteiger partial charge in [-0.1, -0.05) is 39.0 Å². The minimum atomic E-state index is -0.666. The van der Waals surface area contributed by atoms with Crippen molar-refractivity contribution in [3.8, 4) is 0 Å². The number of carboxylic acids is 1. The van der Waals surface area contributed by atoms with E-state index in [9.17, 15) is 4.79 Å². The molecule has 0 fully saturated rings. The molecule has 11 heavy (non-hydrogen) atoms. The molecule has 0 aromatic carbocycles. The SMILES string of the molecule is CCCCCCCC[13C](=O)O. The Kier molecular flexibility index (Phi) is 7.21. The number of carboxylic acid groups (broad SMARTS) is 1. The highest BCUT2D eigenvalue weighted by Crippen LogP contribution is 2.06. The number of rotatable bonds is 7. The minimum absolute atomic E-state index is 0.339. The first-order chi connectivity index (χ1) is 5.27. The molecule has 0 heterocycles. The molecular weight excluding hydrogens is 141 g/mol. The average molecular weight is 159 g/mol. The minimum Gasteiger partial charge on any atom is -0.481 e. The summed E-state index contributed by atoms with van der Waals surface area (Å²) in [7, 11) is 0. The molecule has 0 aliphatic rings. The summed E-state index contributed by atoms with van der Waals surface area (Å²) in [6.45, 7) is 2.18. The van der Waals surface area contributed by atoms with Gasteiger partial charge in [-0.05, 0) is 6.42 Å². The lowest BCUT2D eigenvalue weighted by molar-refractivity contribution is -0.137. The molecule has 0 radical (unpaired) electrons. The van der Waals surface area contributed by atoms with E-state index in [4.69, 9.17) is 5.11 Å². The van der Waals surface area contributed by atoms with E-state index in [0.29, 0.717) is 6.42 Å². The number of aliphatic carboxylic acids is 1. The zero-order valence-electron chi connectivity index (χ0n) is 7.31. The highest BCUT2D eigenvalue weighted by Gasteiger charge is 1.95. The first-order valence-corrected chi connectivity index (χ1v) is 4.49. The number of unbranched alkanes of at least 4 members (excludes halogenated alkanes) is 5. The van der Waals surface area contributed by atoms with E-state index in [1.807, 2.05) is 0 Å². The van der Waals surface area contributed by atoms with Crippen molar-refractivity contribution in [1.82, 2.24) is 0 Å². The average Bonchev–Trinajstić information content (AvgIpc) is 1.96. The Balaban J connectivity index is 2.85. The lowest BCUT2D eigenvalue weighted by Crippen LogP contribution is -1.93. The fourth-order valence-corrected chi connectivity index (χ4v) is 1.06. The second kappa shape index (κ2) is 7.58. The van der Waals surface area contributed by atoms with Crippen molar-refractivity contribution in [1.29, 1.82) is 0 Å². The molecule has 0 amide bonds. The fraction of sp³-hybridized carbons (Fsp3) is 0.889. The van der Waals surface area contributed by atoms with Crippen LogP contribution >= 0.6 is 0 Å². The topological polar surface area (TPSA) is 37.3 Å². The molecule has 0 aromatic rings. The van der Waals surface area contributed by atoms with Gasteiger partial charge in [-0.3, -0.25) is 4.79 Å². The smallest absolute Gasteiger partial charge is 0.303 e. The summed E-state index contributed by atoms with van der Waals surface area (Å²) in [4.78, 5) is 10.1. The lowest BCUT2D eigenvalue weighted by Gasteiger charge is -1.97. The van der Waals surface area contributed by atoms with E-state index >= 15 is 0 Å². The largest absolute Gasteiger partial charge is 0.481 e. The maximum Gasteiger partial charge on any atom is 0.303 e. The summed E-state index contributed by atoms with van der Waals surface area (Å²) in [5.41, 5.74) is 0. The molecule has 1 N–H and O–H groups in total. The molecular formula is C9H18O2. The molecule has 0 rings (SSSR count). The van der Waals surface area contributed by atoms with Gasteiger partial charge in [0.25, 0.3) is 0 Å². The van der Waals surface area contributed by atoms with Crippen molar-refractivity contribution >= 4 is 5.97 Å². The van der Waals surface area contributed by atoms with Crippen LogP contribution < -0.4 is 0 Å².